The van der Waals surface area contributed by atoms with Crippen molar-refractivity contribution in [1.29, 1.82) is 0 Å². The molecule has 3 saturated heterocycles. The molecule has 0 saturated carbocycles. The molecule has 3 aliphatic rings. The van der Waals surface area contributed by atoms with Crippen LogP contribution in [-0.2, 0) is 0 Å². The Bertz CT molecular complexity index is 1230. The molecule has 5 heterocycles. The van der Waals surface area contributed by atoms with Gasteiger partial charge in [0, 0.05) is 30.0 Å². The Kier molecular flexibility index (Phi) is 6.86. The van der Waals surface area contributed by atoms with Gasteiger partial charge in [-0.25, -0.2) is 9.97 Å². The number of pyridine rings is 2. The van der Waals surface area contributed by atoms with Crippen molar-refractivity contribution in [3.8, 4) is 0 Å². The SMILES string of the molecule is O=C(Nc1ccc(Cl)cc1C(=O)Nc1ccc(Cl)cn1)c1ccc(NC2CN3CCC2CC3)nc1. The molecule has 3 aromatic rings. The minimum absolute atomic E-state index is 0.205. The molecule has 0 aliphatic carbocycles. The van der Waals surface area contributed by atoms with E-state index in [0.717, 1.165) is 12.4 Å². The van der Waals surface area contributed by atoms with Crippen LogP contribution in [0.1, 0.15) is 33.6 Å². The summed E-state index contributed by atoms with van der Waals surface area (Å²) in [4.78, 5) is 36.7. The van der Waals surface area contributed by atoms with Gasteiger partial charge in [0.25, 0.3) is 11.8 Å². The lowest BCUT2D eigenvalue weighted by Crippen LogP contribution is -2.53. The van der Waals surface area contributed by atoms with E-state index in [2.05, 4.69) is 30.8 Å². The molecule has 0 spiro atoms. The normalized spacial score (nSPS) is 20.8. The fourth-order valence-electron chi connectivity index (χ4n) is 4.57. The summed E-state index contributed by atoms with van der Waals surface area (Å²) in [7, 11) is 0. The molecule has 10 heteroatoms. The molecule has 1 unspecified atom stereocenters. The summed E-state index contributed by atoms with van der Waals surface area (Å²) in [6.07, 6.45) is 5.39. The average Bonchev–Trinajstić information content (AvgIpc) is 2.87. The second-order valence-electron chi connectivity index (χ2n) is 8.78. The number of halogens is 2. The molecule has 0 radical (unpaired) electrons. The minimum atomic E-state index is -0.465. The summed E-state index contributed by atoms with van der Waals surface area (Å²) >= 11 is 12.0. The lowest BCUT2D eigenvalue weighted by atomic mass is 9.84. The number of carbonyl (C=O) groups is 2. The van der Waals surface area contributed by atoms with Crippen molar-refractivity contribution < 1.29 is 9.59 Å². The number of anilines is 3. The van der Waals surface area contributed by atoms with E-state index in [1.165, 1.54) is 44.4 Å². The molecule has 8 nitrogen and oxygen atoms in total. The van der Waals surface area contributed by atoms with Gasteiger partial charge in [0.2, 0.25) is 0 Å². The molecule has 2 amide bonds. The molecule has 6 rings (SSSR count). The third kappa shape index (κ3) is 5.56. The van der Waals surface area contributed by atoms with Gasteiger partial charge in [-0.15, -0.1) is 0 Å². The number of benzene rings is 1. The van der Waals surface area contributed by atoms with Crippen LogP contribution in [0.2, 0.25) is 10.0 Å². The Morgan fingerprint density at radius 1 is 0.857 bits per heavy atom. The zero-order valence-corrected chi connectivity index (χ0v) is 20.3. The number of fused-ring (bicyclic) bond motifs is 3. The highest BCUT2D eigenvalue weighted by Crippen LogP contribution is 2.29. The molecular weight excluding hydrogens is 487 g/mol. The fourth-order valence-corrected chi connectivity index (χ4v) is 4.86. The lowest BCUT2D eigenvalue weighted by molar-refractivity contribution is 0.0973. The van der Waals surface area contributed by atoms with Gasteiger partial charge in [-0.2, -0.15) is 0 Å². The molecule has 3 fully saturated rings. The van der Waals surface area contributed by atoms with Gasteiger partial charge in [-0.05, 0) is 74.3 Å². The van der Waals surface area contributed by atoms with Gasteiger partial charge in [0.05, 0.1) is 21.8 Å². The van der Waals surface area contributed by atoms with E-state index in [-0.39, 0.29) is 11.5 Å². The summed E-state index contributed by atoms with van der Waals surface area (Å²) in [6.45, 7) is 3.38. The van der Waals surface area contributed by atoms with E-state index in [9.17, 15) is 9.59 Å². The zero-order valence-electron chi connectivity index (χ0n) is 18.8. The van der Waals surface area contributed by atoms with Gasteiger partial charge < -0.3 is 20.9 Å². The van der Waals surface area contributed by atoms with Crippen molar-refractivity contribution in [1.82, 2.24) is 14.9 Å². The average molecular weight is 511 g/mol. The number of nitrogens with one attached hydrogen (secondary N) is 3. The van der Waals surface area contributed by atoms with Crippen molar-refractivity contribution in [3.05, 3.63) is 76.0 Å². The number of nitrogens with zero attached hydrogens (tertiary/aromatic N) is 3. The molecule has 180 valence electrons. The molecule has 2 bridgehead atoms. The molecule has 2 aromatic heterocycles. The maximum absolute atomic E-state index is 12.9. The first-order chi connectivity index (χ1) is 16.9. The monoisotopic (exact) mass is 510 g/mol. The van der Waals surface area contributed by atoms with Crippen LogP contribution in [0.15, 0.2) is 54.9 Å². The van der Waals surface area contributed by atoms with E-state index in [0.29, 0.717) is 39.1 Å². The number of aromatic nitrogens is 2. The van der Waals surface area contributed by atoms with Crippen LogP contribution in [0.5, 0.6) is 0 Å². The minimum Gasteiger partial charge on any atom is -0.366 e. The van der Waals surface area contributed by atoms with E-state index in [4.69, 9.17) is 23.2 Å². The van der Waals surface area contributed by atoms with Crippen LogP contribution in [0.4, 0.5) is 17.3 Å². The van der Waals surface area contributed by atoms with Gasteiger partial charge >= 0.3 is 0 Å². The number of rotatable bonds is 6. The molecule has 1 aromatic carbocycles. The Labute approximate surface area is 213 Å². The van der Waals surface area contributed by atoms with Crippen molar-refractivity contribution in [2.24, 2.45) is 5.92 Å². The first-order valence-corrected chi connectivity index (χ1v) is 12.2. The molecule has 1 atom stereocenters. The van der Waals surface area contributed by atoms with Crippen molar-refractivity contribution >= 4 is 52.3 Å². The first-order valence-electron chi connectivity index (χ1n) is 11.4. The van der Waals surface area contributed by atoms with Gasteiger partial charge in [-0.3, -0.25) is 9.59 Å². The Morgan fingerprint density at radius 2 is 1.60 bits per heavy atom. The Balaban J connectivity index is 1.26. The fraction of sp³-hybridized carbons (Fsp3) is 0.280. The molecule has 3 aliphatic heterocycles. The van der Waals surface area contributed by atoms with E-state index in [1.807, 2.05) is 6.07 Å². The maximum atomic E-state index is 12.9. The van der Waals surface area contributed by atoms with E-state index >= 15 is 0 Å². The van der Waals surface area contributed by atoms with Crippen molar-refractivity contribution in [2.75, 3.05) is 35.6 Å². The van der Waals surface area contributed by atoms with Gasteiger partial charge in [-0.1, -0.05) is 23.2 Å². The predicted octanol–water partition coefficient (Wildman–Crippen LogP) is 4.79. The first kappa shape index (κ1) is 23.5. The summed E-state index contributed by atoms with van der Waals surface area (Å²) in [5, 5.41) is 9.80. The molecular formula is C25H24Cl2N6O2. The molecule has 35 heavy (non-hydrogen) atoms. The summed E-state index contributed by atoms with van der Waals surface area (Å²) in [5.41, 5.74) is 0.904. The second kappa shape index (κ2) is 10.2. The smallest absolute Gasteiger partial charge is 0.258 e. The third-order valence-electron chi connectivity index (χ3n) is 6.46. The van der Waals surface area contributed by atoms with Crippen LogP contribution in [-0.4, -0.2) is 52.4 Å². The van der Waals surface area contributed by atoms with Crippen molar-refractivity contribution in [2.45, 2.75) is 18.9 Å². The van der Waals surface area contributed by atoms with E-state index in [1.54, 1.807) is 30.3 Å². The molecule has 3 N–H and O–H groups in total. The van der Waals surface area contributed by atoms with Gasteiger partial charge in [0.1, 0.15) is 11.6 Å². The Hall–Kier alpha value is -3.20. The highest BCUT2D eigenvalue weighted by molar-refractivity contribution is 6.31. The largest absolute Gasteiger partial charge is 0.366 e. The highest BCUT2D eigenvalue weighted by atomic mass is 35.5. The highest BCUT2D eigenvalue weighted by Gasteiger charge is 2.34. The number of carbonyl (C=O) groups excluding carboxylic acids is 2. The van der Waals surface area contributed by atoms with E-state index < -0.39 is 5.91 Å². The number of hydrogen-bond acceptors (Lipinski definition) is 6. The lowest BCUT2D eigenvalue weighted by Gasteiger charge is -2.45. The number of hydrogen-bond donors (Lipinski definition) is 3. The van der Waals surface area contributed by atoms with Crippen LogP contribution in [0.3, 0.4) is 0 Å². The quantitative estimate of drug-likeness (QED) is 0.440. The third-order valence-corrected chi connectivity index (χ3v) is 6.92. The maximum Gasteiger partial charge on any atom is 0.258 e. The second-order valence-corrected chi connectivity index (χ2v) is 9.65. The Morgan fingerprint density at radius 3 is 2.26 bits per heavy atom. The predicted molar refractivity (Wildman–Crippen MR) is 137 cm³/mol. The summed E-state index contributed by atoms with van der Waals surface area (Å²) in [6, 6.07) is 11.8. The van der Waals surface area contributed by atoms with Gasteiger partial charge in [0.15, 0.2) is 0 Å². The van der Waals surface area contributed by atoms with Crippen molar-refractivity contribution in [3.63, 3.8) is 0 Å². The number of piperidine rings is 3. The van der Waals surface area contributed by atoms with Crippen LogP contribution in [0.25, 0.3) is 0 Å². The van der Waals surface area contributed by atoms with Crippen LogP contribution in [0, 0.1) is 5.92 Å². The van der Waals surface area contributed by atoms with Crippen LogP contribution >= 0.6 is 23.2 Å². The topological polar surface area (TPSA) is 99.2 Å². The standard InChI is InChI=1S/C25H24Cl2N6O2/c26-17-2-4-20(19(11-17)25(35)32-23-6-3-18(27)13-29-23)31-24(34)16-1-5-22(28-12-16)30-21-14-33-9-7-15(21)8-10-33/h1-6,11-13,15,21H,7-10,14H2,(H,28,30)(H,31,34)(H,29,32,35). The number of amides is 2. The zero-order chi connectivity index (χ0) is 24.4. The summed E-state index contributed by atoms with van der Waals surface area (Å²) in [5.74, 6) is 0.900. The van der Waals surface area contributed by atoms with Crippen LogP contribution < -0.4 is 16.0 Å². The summed E-state index contributed by atoms with van der Waals surface area (Å²) < 4.78 is 0.